The Labute approximate surface area is 152 Å². The van der Waals surface area contributed by atoms with Gasteiger partial charge in [0.25, 0.3) is 11.1 Å². The number of rotatable bonds is 5. The lowest BCUT2D eigenvalue weighted by Gasteiger charge is -2.07. The maximum Gasteiger partial charge on any atom is 0.293 e. The van der Waals surface area contributed by atoms with Crippen molar-refractivity contribution in [2.45, 2.75) is 9.99 Å². The first-order valence-electron chi connectivity index (χ1n) is 6.96. The molecule has 2 amide bonds. The van der Waals surface area contributed by atoms with Crippen LogP contribution in [0.25, 0.3) is 6.08 Å². The van der Waals surface area contributed by atoms with Crippen molar-refractivity contribution in [2.24, 2.45) is 0 Å². The van der Waals surface area contributed by atoms with Gasteiger partial charge in [0.05, 0.1) is 4.91 Å². The molecule has 1 aromatic carbocycles. The lowest BCUT2D eigenvalue weighted by molar-refractivity contribution is -0.122. The second-order valence-corrected chi connectivity index (χ2v) is 7.30. The number of nitrogens with zero attached hydrogens (tertiary/aromatic N) is 1. The summed E-state index contributed by atoms with van der Waals surface area (Å²) >= 11 is 8.21. The van der Waals surface area contributed by atoms with Gasteiger partial charge in [-0.1, -0.05) is 29.4 Å². The monoisotopic (exact) mass is 377 g/mol. The van der Waals surface area contributed by atoms with E-state index in [2.05, 4.69) is 6.58 Å². The molecular formula is C17H12ClNO3S2. The minimum absolute atomic E-state index is 0.206. The van der Waals surface area contributed by atoms with Gasteiger partial charge in [-0.2, -0.15) is 0 Å². The number of carbonyl (C=O) groups excluding carboxylic acids is 2. The summed E-state index contributed by atoms with van der Waals surface area (Å²) in [5.74, 6) is 0.198. The molecule has 0 unspecified atom stereocenters. The first-order valence-corrected chi connectivity index (χ1v) is 8.97. The van der Waals surface area contributed by atoms with Crippen LogP contribution in [0.15, 0.2) is 68.4 Å². The van der Waals surface area contributed by atoms with E-state index >= 15 is 0 Å². The van der Waals surface area contributed by atoms with Crippen molar-refractivity contribution in [2.75, 3.05) is 6.54 Å². The van der Waals surface area contributed by atoms with Gasteiger partial charge < -0.3 is 4.42 Å². The number of thioether (sulfide) groups is 1. The Kier molecular flexibility index (Phi) is 5.18. The van der Waals surface area contributed by atoms with Crippen LogP contribution in [0.3, 0.4) is 0 Å². The van der Waals surface area contributed by atoms with Gasteiger partial charge >= 0.3 is 0 Å². The van der Waals surface area contributed by atoms with E-state index in [9.17, 15) is 9.59 Å². The van der Waals surface area contributed by atoms with Crippen LogP contribution in [-0.2, 0) is 4.79 Å². The van der Waals surface area contributed by atoms with Crippen molar-refractivity contribution in [3.05, 3.63) is 64.7 Å². The van der Waals surface area contributed by atoms with E-state index in [1.165, 1.54) is 17.8 Å². The van der Waals surface area contributed by atoms with Crippen molar-refractivity contribution in [3.8, 4) is 0 Å². The summed E-state index contributed by atoms with van der Waals surface area (Å²) in [5, 5.41) is 1.07. The van der Waals surface area contributed by atoms with Crippen LogP contribution in [0.5, 0.6) is 0 Å². The van der Waals surface area contributed by atoms with Crippen molar-refractivity contribution in [3.63, 3.8) is 0 Å². The van der Waals surface area contributed by atoms with Crippen LogP contribution in [0.1, 0.15) is 5.76 Å². The van der Waals surface area contributed by atoms with Crippen LogP contribution >= 0.6 is 35.1 Å². The summed E-state index contributed by atoms with van der Waals surface area (Å²) in [6, 6.07) is 11.0. The lowest BCUT2D eigenvalue weighted by atomic mass is 10.3. The van der Waals surface area contributed by atoms with Gasteiger partial charge in [0, 0.05) is 22.5 Å². The minimum atomic E-state index is -0.326. The van der Waals surface area contributed by atoms with E-state index < -0.39 is 0 Å². The molecule has 1 fully saturated rings. The SMILES string of the molecule is C=CCN1C(=O)S/C(=C/c2ccc(Sc3ccc(Cl)cc3)o2)C1=O. The summed E-state index contributed by atoms with van der Waals surface area (Å²) in [7, 11) is 0. The van der Waals surface area contributed by atoms with E-state index in [1.807, 2.05) is 30.3 Å². The molecule has 0 atom stereocenters. The molecule has 1 aromatic heterocycles. The quantitative estimate of drug-likeness (QED) is 0.522. The largest absolute Gasteiger partial charge is 0.450 e. The third kappa shape index (κ3) is 3.77. The number of benzene rings is 1. The lowest BCUT2D eigenvalue weighted by Crippen LogP contribution is -2.27. The summed E-state index contributed by atoms with van der Waals surface area (Å²) in [6.07, 6.45) is 3.10. The second kappa shape index (κ2) is 7.34. The molecule has 1 saturated heterocycles. The molecule has 1 aliphatic rings. The number of halogens is 1. The molecule has 0 N–H and O–H groups in total. The molecule has 7 heteroatoms. The van der Waals surface area contributed by atoms with Crippen molar-refractivity contribution < 1.29 is 14.0 Å². The van der Waals surface area contributed by atoms with E-state index in [0.717, 1.165) is 21.6 Å². The van der Waals surface area contributed by atoms with Gasteiger partial charge in [0.15, 0.2) is 5.09 Å². The van der Waals surface area contributed by atoms with Crippen LogP contribution in [-0.4, -0.2) is 22.6 Å². The van der Waals surface area contributed by atoms with Gasteiger partial charge in [0.1, 0.15) is 5.76 Å². The molecule has 0 spiro atoms. The molecule has 0 aliphatic carbocycles. The highest BCUT2D eigenvalue weighted by Gasteiger charge is 2.34. The maximum atomic E-state index is 12.1. The Hall–Kier alpha value is -1.89. The van der Waals surface area contributed by atoms with Crippen LogP contribution in [0.2, 0.25) is 5.02 Å². The number of imide groups is 1. The smallest absolute Gasteiger partial charge is 0.293 e. The summed E-state index contributed by atoms with van der Waals surface area (Å²) in [5.41, 5.74) is 0. The summed E-state index contributed by atoms with van der Waals surface area (Å²) < 4.78 is 5.70. The number of furan rings is 1. The van der Waals surface area contributed by atoms with Crippen molar-refractivity contribution in [1.29, 1.82) is 0 Å². The Bertz CT molecular complexity index is 827. The van der Waals surface area contributed by atoms with Gasteiger partial charge in [-0.15, -0.1) is 6.58 Å². The Morgan fingerprint density at radius 1 is 1.21 bits per heavy atom. The van der Waals surface area contributed by atoms with Crippen LogP contribution < -0.4 is 0 Å². The van der Waals surface area contributed by atoms with Gasteiger partial charge in [-0.25, -0.2) is 0 Å². The Morgan fingerprint density at radius 2 is 1.96 bits per heavy atom. The highest BCUT2D eigenvalue weighted by molar-refractivity contribution is 8.18. The Morgan fingerprint density at radius 3 is 2.67 bits per heavy atom. The van der Waals surface area contributed by atoms with Gasteiger partial charge in [0.2, 0.25) is 0 Å². The number of amides is 2. The molecule has 3 rings (SSSR count). The van der Waals surface area contributed by atoms with Crippen molar-refractivity contribution >= 4 is 52.3 Å². The maximum absolute atomic E-state index is 12.1. The Balaban J connectivity index is 1.74. The predicted octanol–water partition coefficient (Wildman–Crippen LogP) is 5.31. The highest BCUT2D eigenvalue weighted by atomic mass is 35.5. The minimum Gasteiger partial charge on any atom is -0.450 e. The van der Waals surface area contributed by atoms with E-state index in [0.29, 0.717) is 20.8 Å². The standard InChI is InChI=1S/C17H12ClNO3S2/c1-2-9-19-16(20)14(24-17(19)21)10-12-5-8-15(22-12)23-13-6-3-11(18)4-7-13/h2-8,10H,1,9H2/b14-10+. The van der Waals surface area contributed by atoms with Gasteiger partial charge in [-0.3, -0.25) is 14.5 Å². The molecule has 0 bridgehead atoms. The average Bonchev–Trinajstić information content (AvgIpc) is 3.10. The number of hydrogen-bond donors (Lipinski definition) is 0. The van der Waals surface area contributed by atoms with Crippen molar-refractivity contribution in [1.82, 2.24) is 4.90 Å². The normalized spacial score (nSPS) is 16.2. The first kappa shape index (κ1) is 17.0. The highest BCUT2D eigenvalue weighted by Crippen LogP contribution is 2.34. The fourth-order valence-corrected chi connectivity index (χ4v) is 3.73. The van der Waals surface area contributed by atoms with Gasteiger partial charge in [-0.05, 0) is 48.2 Å². The second-order valence-electron chi connectivity index (χ2n) is 4.79. The molecule has 2 aromatic rings. The fraction of sp³-hybridized carbons (Fsp3) is 0.0588. The van der Waals surface area contributed by atoms with E-state index in [4.69, 9.17) is 16.0 Å². The predicted molar refractivity (Wildman–Crippen MR) is 97.2 cm³/mol. The topological polar surface area (TPSA) is 50.5 Å². The van der Waals surface area contributed by atoms with Crippen LogP contribution in [0.4, 0.5) is 4.79 Å². The molecule has 0 saturated carbocycles. The van der Waals surface area contributed by atoms with E-state index in [1.54, 1.807) is 12.1 Å². The molecule has 1 aliphatic heterocycles. The first-order chi connectivity index (χ1) is 11.6. The molecule has 24 heavy (non-hydrogen) atoms. The average molecular weight is 378 g/mol. The summed E-state index contributed by atoms with van der Waals surface area (Å²) in [4.78, 5) is 26.4. The zero-order valence-corrected chi connectivity index (χ0v) is 14.8. The zero-order valence-electron chi connectivity index (χ0n) is 12.4. The summed E-state index contributed by atoms with van der Waals surface area (Å²) in [6.45, 7) is 3.75. The molecular weight excluding hydrogens is 366 g/mol. The molecule has 122 valence electrons. The molecule has 2 heterocycles. The molecule has 4 nitrogen and oxygen atoms in total. The number of hydrogen-bond acceptors (Lipinski definition) is 5. The zero-order chi connectivity index (χ0) is 17.1. The van der Waals surface area contributed by atoms with E-state index in [-0.39, 0.29) is 17.7 Å². The van der Waals surface area contributed by atoms with Crippen LogP contribution in [0, 0.1) is 0 Å². The fourth-order valence-electron chi connectivity index (χ4n) is 2.00. The molecule has 0 radical (unpaired) electrons. The number of carbonyl (C=O) groups is 2. The third-order valence-corrected chi connectivity index (χ3v) is 5.18. The third-order valence-electron chi connectivity index (χ3n) is 3.09.